The molecule has 2 aliphatic rings. The van der Waals surface area contributed by atoms with Crippen molar-refractivity contribution < 1.29 is 9.39 Å². The molecule has 0 fully saturated rings. The highest BCUT2D eigenvalue weighted by Crippen LogP contribution is 2.42. The van der Waals surface area contributed by atoms with E-state index in [1.165, 1.54) is 38.5 Å². The summed E-state index contributed by atoms with van der Waals surface area (Å²) in [6.45, 7) is -0.282. The lowest BCUT2D eigenvalue weighted by atomic mass is 9.50. The van der Waals surface area contributed by atoms with Crippen LogP contribution in [0.5, 0.6) is 17.2 Å². The van der Waals surface area contributed by atoms with Gasteiger partial charge in [-0.05, 0) is 87.5 Å². The quantitative estimate of drug-likeness (QED) is 0.175. The molecule has 8 aromatic carbocycles. The van der Waals surface area contributed by atoms with Crippen LogP contribution in [0.1, 0.15) is 0 Å². The molecule has 0 atom stereocenters. The topological polar surface area (TPSA) is 23.4 Å². The van der Waals surface area contributed by atoms with Gasteiger partial charge >= 0.3 is 6.92 Å². The van der Waals surface area contributed by atoms with E-state index in [4.69, 9.17) is 9.39 Å². The minimum absolute atomic E-state index is 0.282. The molecule has 0 saturated heterocycles. The van der Waals surface area contributed by atoms with E-state index in [1.807, 2.05) is 0 Å². The molecule has 4 heteroatoms. The molecular formula is C48H30BNO2. The van der Waals surface area contributed by atoms with Gasteiger partial charge < -0.3 is 14.0 Å². The number of fused-ring (bicyclic) bond motifs is 7. The number of rotatable bonds is 4. The van der Waals surface area contributed by atoms with Gasteiger partial charge in [-0.3, -0.25) is 0 Å². The number of benzene rings is 8. The van der Waals surface area contributed by atoms with E-state index in [9.17, 15) is 0 Å². The summed E-state index contributed by atoms with van der Waals surface area (Å²) in [5.74, 6) is 2.55. The number of hydrogen-bond acceptors (Lipinski definition) is 2. The van der Waals surface area contributed by atoms with E-state index in [0.29, 0.717) is 0 Å². The Labute approximate surface area is 302 Å². The Hall–Kier alpha value is -6.78. The van der Waals surface area contributed by atoms with Gasteiger partial charge in [-0.25, -0.2) is 0 Å². The Balaban J connectivity index is 1.00. The predicted octanol–water partition coefficient (Wildman–Crippen LogP) is 11.1. The third-order valence-electron chi connectivity index (χ3n) is 10.7. The van der Waals surface area contributed by atoms with Gasteiger partial charge in [0.1, 0.15) is 17.2 Å². The van der Waals surface area contributed by atoms with E-state index in [-0.39, 0.29) is 6.92 Å². The number of hydrogen-bond donors (Lipinski definition) is 0. The Morgan fingerprint density at radius 1 is 0.385 bits per heavy atom. The van der Waals surface area contributed by atoms with Gasteiger partial charge in [0.05, 0.1) is 11.0 Å². The molecule has 0 spiro atoms. The number of aromatic nitrogens is 1. The molecular weight excluding hydrogens is 633 g/mol. The Morgan fingerprint density at radius 2 is 1.00 bits per heavy atom. The van der Waals surface area contributed by atoms with Crippen molar-refractivity contribution in [3.05, 3.63) is 182 Å². The minimum Gasteiger partial charge on any atom is -0.551 e. The number of ether oxygens (including phenoxy) is 1. The van der Waals surface area contributed by atoms with E-state index in [0.717, 1.165) is 61.7 Å². The molecule has 2 aliphatic heterocycles. The zero-order chi connectivity index (χ0) is 34.2. The van der Waals surface area contributed by atoms with Crippen LogP contribution in [0.25, 0.3) is 72.0 Å². The zero-order valence-electron chi connectivity index (χ0n) is 28.2. The monoisotopic (exact) mass is 663 g/mol. The molecule has 0 amide bonds. The van der Waals surface area contributed by atoms with Gasteiger partial charge in [-0.15, -0.1) is 0 Å². The first-order valence-electron chi connectivity index (χ1n) is 17.8. The largest absolute Gasteiger partial charge is 0.551 e. The maximum atomic E-state index is 6.96. The molecule has 52 heavy (non-hydrogen) atoms. The van der Waals surface area contributed by atoms with E-state index >= 15 is 0 Å². The van der Waals surface area contributed by atoms with Crippen LogP contribution in [0, 0.1) is 0 Å². The summed E-state index contributed by atoms with van der Waals surface area (Å²) in [5.41, 5.74) is 14.9. The summed E-state index contributed by atoms with van der Waals surface area (Å²) in [6, 6.07) is 64.8. The van der Waals surface area contributed by atoms with Crippen molar-refractivity contribution in [1.82, 2.24) is 4.57 Å². The Morgan fingerprint density at radius 3 is 1.81 bits per heavy atom. The average molecular weight is 664 g/mol. The highest BCUT2D eigenvalue weighted by atomic mass is 16.5. The lowest BCUT2D eigenvalue weighted by Crippen LogP contribution is -2.53. The summed E-state index contributed by atoms with van der Waals surface area (Å²) in [4.78, 5) is 0. The second kappa shape index (κ2) is 11.4. The van der Waals surface area contributed by atoms with Gasteiger partial charge in [0.25, 0.3) is 0 Å². The Kier molecular flexibility index (Phi) is 6.35. The van der Waals surface area contributed by atoms with Crippen molar-refractivity contribution in [2.24, 2.45) is 0 Å². The van der Waals surface area contributed by atoms with Gasteiger partial charge in [-0.1, -0.05) is 133 Å². The summed E-state index contributed by atoms with van der Waals surface area (Å²) < 4.78 is 15.9. The second-order valence-corrected chi connectivity index (χ2v) is 13.6. The molecule has 0 N–H and O–H groups in total. The molecule has 11 rings (SSSR count). The summed E-state index contributed by atoms with van der Waals surface area (Å²) >= 11 is 0. The molecule has 3 heterocycles. The van der Waals surface area contributed by atoms with Crippen LogP contribution >= 0.6 is 0 Å². The number of para-hydroxylation sites is 2. The van der Waals surface area contributed by atoms with Crippen molar-refractivity contribution in [3.63, 3.8) is 0 Å². The van der Waals surface area contributed by atoms with Gasteiger partial charge in [-0.2, -0.15) is 0 Å². The summed E-state index contributed by atoms with van der Waals surface area (Å²) in [5, 5.41) is 2.52. The lowest BCUT2D eigenvalue weighted by molar-refractivity contribution is 0.479. The first-order chi connectivity index (χ1) is 25.8. The molecule has 0 radical (unpaired) electrons. The van der Waals surface area contributed by atoms with Gasteiger partial charge in [0, 0.05) is 32.9 Å². The van der Waals surface area contributed by atoms with Crippen LogP contribution in [0.3, 0.4) is 0 Å². The molecule has 0 bridgehead atoms. The van der Waals surface area contributed by atoms with Crippen LogP contribution in [0.2, 0.25) is 0 Å². The maximum Gasteiger partial charge on any atom is 0.434 e. The zero-order valence-corrected chi connectivity index (χ0v) is 28.2. The Bertz CT molecular complexity index is 2820. The molecule has 0 unspecified atom stereocenters. The molecule has 9 aromatic rings. The summed E-state index contributed by atoms with van der Waals surface area (Å²) in [6.07, 6.45) is 0. The van der Waals surface area contributed by atoms with E-state index in [1.54, 1.807) is 0 Å². The molecule has 0 saturated carbocycles. The third-order valence-corrected chi connectivity index (χ3v) is 10.7. The van der Waals surface area contributed by atoms with Crippen molar-refractivity contribution in [2.45, 2.75) is 0 Å². The van der Waals surface area contributed by atoms with Crippen LogP contribution in [0.4, 0.5) is 0 Å². The SMILES string of the molecule is c1ccc(-c2ccccc2-c2ccc3c(c2)B2Oc4ccc(-c5cccc(-n6c7ccccc7c7ccccc76)c5)cc4-c4cccc(c42)O3)cc1. The van der Waals surface area contributed by atoms with Crippen LogP contribution in [-0.2, 0) is 0 Å². The van der Waals surface area contributed by atoms with Crippen LogP contribution in [0.15, 0.2) is 182 Å². The van der Waals surface area contributed by atoms with Gasteiger partial charge in [0.15, 0.2) is 0 Å². The van der Waals surface area contributed by atoms with Crippen molar-refractivity contribution in [2.75, 3.05) is 0 Å². The fourth-order valence-corrected chi connectivity index (χ4v) is 8.33. The fourth-order valence-electron chi connectivity index (χ4n) is 8.33. The second-order valence-electron chi connectivity index (χ2n) is 13.6. The third kappa shape index (κ3) is 4.41. The summed E-state index contributed by atoms with van der Waals surface area (Å²) in [7, 11) is 0. The van der Waals surface area contributed by atoms with Crippen LogP contribution in [-0.4, -0.2) is 11.5 Å². The first kappa shape index (κ1) is 29.0. The predicted molar refractivity (Wildman–Crippen MR) is 215 cm³/mol. The average Bonchev–Trinajstić information content (AvgIpc) is 3.55. The van der Waals surface area contributed by atoms with Gasteiger partial charge in [0.2, 0.25) is 0 Å². The minimum atomic E-state index is -0.282. The maximum absolute atomic E-state index is 6.96. The lowest BCUT2D eigenvalue weighted by Gasteiger charge is -2.33. The molecule has 1 aromatic heterocycles. The van der Waals surface area contributed by atoms with Crippen molar-refractivity contribution in [3.8, 4) is 67.4 Å². The fraction of sp³-hybridized carbons (Fsp3) is 0. The molecule has 0 aliphatic carbocycles. The van der Waals surface area contributed by atoms with E-state index < -0.39 is 0 Å². The van der Waals surface area contributed by atoms with Crippen LogP contribution < -0.4 is 20.3 Å². The standard InChI is InChI=1S/C48H30BNO2/c1-2-12-31(13-3-1)36-16-4-5-17-37(36)34-25-27-46-42(30-34)49-48-40(20-11-23-47(48)51-46)41-29-33(24-26-45(41)52-49)32-14-10-15-35(28-32)50-43-21-8-6-18-38(43)39-19-7-9-22-44(39)50/h1-30H. The smallest absolute Gasteiger partial charge is 0.434 e. The number of nitrogens with zero attached hydrogens (tertiary/aromatic N) is 1. The highest BCUT2D eigenvalue weighted by molar-refractivity contribution is 6.84. The molecule has 3 nitrogen and oxygen atoms in total. The van der Waals surface area contributed by atoms with Crippen molar-refractivity contribution >= 4 is 39.6 Å². The van der Waals surface area contributed by atoms with Crippen molar-refractivity contribution in [1.29, 1.82) is 0 Å². The first-order valence-corrected chi connectivity index (χ1v) is 17.8. The van der Waals surface area contributed by atoms with E-state index in [2.05, 4.69) is 187 Å². The molecule has 242 valence electrons. The highest BCUT2D eigenvalue weighted by Gasteiger charge is 2.40. The normalized spacial score (nSPS) is 12.5.